The summed E-state index contributed by atoms with van der Waals surface area (Å²) in [7, 11) is 0. The maximum atomic E-state index is 12.6. The van der Waals surface area contributed by atoms with Crippen LogP contribution in [-0.4, -0.2) is 52.5 Å². The number of nitrogens with two attached hydrogens (primary N) is 1. The summed E-state index contributed by atoms with van der Waals surface area (Å²) in [5.74, 6) is 1.32. The van der Waals surface area contributed by atoms with Crippen molar-refractivity contribution in [3.8, 4) is 0 Å². The highest BCUT2D eigenvalue weighted by Crippen LogP contribution is 2.28. The molecular weight excluding hydrogens is 292 g/mol. The van der Waals surface area contributed by atoms with Gasteiger partial charge in [-0.15, -0.1) is 0 Å². The maximum Gasteiger partial charge on any atom is 0.243 e. The van der Waals surface area contributed by atoms with Crippen molar-refractivity contribution >= 4 is 17.7 Å². The molecule has 0 saturated heterocycles. The summed E-state index contributed by atoms with van der Waals surface area (Å²) in [5, 5.41) is 6.64. The monoisotopic (exact) mass is 314 g/mol. The van der Waals surface area contributed by atoms with Gasteiger partial charge in [0.25, 0.3) is 0 Å². The summed E-state index contributed by atoms with van der Waals surface area (Å²) in [4.78, 5) is 23.3. The fraction of sp³-hybridized carbons (Fsp3) is 0.562. The highest BCUT2D eigenvalue weighted by atomic mass is 16.2. The zero-order chi connectivity index (χ0) is 15.8. The molecule has 0 aromatic carbocycles. The number of hydrogen-bond donors (Lipinski definition) is 3. The number of nitrogen functional groups attached to an aromatic ring is 1. The Morgan fingerprint density at radius 1 is 1.30 bits per heavy atom. The summed E-state index contributed by atoms with van der Waals surface area (Å²) in [6, 6.07) is 0.332. The molecule has 23 heavy (non-hydrogen) atoms. The van der Waals surface area contributed by atoms with E-state index in [2.05, 4.69) is 20.6 Å². The maximum absolute atomic E-state index is 12.6. The van der Waals surface area contributed by atoms with Crippen molar-refractivity contribution in [3.63, 3.8) is 0 Å². The molecule has 3 aliphatic rings. The van der Waals surface area contributed by atoms with Gasteiger partial charge in [-0.25, -0.2) is 4.98 Å². The number of carbonyl (C=O) groups is 1. The molecular formula is C16H22N6O. The van der Waals surface area contributed by atoms with Crippen LogP contribution in [0, 0.1) is 0 Å². The minimum atomic E-state index is -0.184. The summed E-state index contributed by atoms with van der Waals surface area (Å²) in [5.41, 5.74) is 7.96. The van der Waals surface area contributed by atoms with Crippen LogP contribution in [0.4, 0.5) is 11.8 Å². The first-order chi connectivity index (χ1) is 11.2. The van der Waals surface area contributed by atoms with Gasteiger partial charge in [-0.1, -0.05) is 12.2 Å². The van der Waals surface area contributed by atoms with E-state index < -0.39 is 0 Å². The molecule has 2 aliphatic heterocycles. The fourth-order valence-electron chi connectivity index (χ4n) is 3.21. The molecule has 4 N–H and O–H groups in total. The first-order valence-corrected chi connectivity index (χ1v) is 8.31. The Morgan fingerprint density at radius 2 is 2.13 bits per heavy atom. The molecule has 0 spiro atoms. The number of amides is 1. The van der Waals surface area contributed by atoms with Gasteiger partial charge in [0.15, 0.2) is 0 Å². The molecule has 1 aromatic rings. The highest BCUT2D eigenvalue weighted by molar-refractivity contribution is 5.84. The van der Waals surface area contributed by atoms with Crippen molar-refractivity contribution in [1.82, 2.24) is 20.2 Å². The smallest absolute Gasteiger partial charge is 0.243 e. The number of fused-ring (bicyclic) bond motifs is 1. The van der Waals surface area contributed by atoms with Crippen LogP contribution in [0.5, 0.6) is 0 Å². The molecule has 0 unspecified atom stereocenters. The van der Waals surface area contributed by atoms with E-state index in [-0.39, 0.29) is 11.9 Å². The molecule has 1 aromatic heterocycles. The second-order valence-electron chi connectivity index (χ2n) is 6.41. The molecule has 4 rings (SSSR count). The minimum Gasteiger partial charge on any atom is -0.368 e. The standard InChI is InChI=1S/C16H22N6O/c17-16-20-12-6-9-22(15(23)13-2-1-7-18-13)8-5-11(12)14(21-16)19-10-3-4-10/h1-2,10,13,18H,3-9H2,(H3,17,19,20,21)/t13-/m0/s1. The summed E-state index contributed by atoms with van der Waals surface area (Å²) < 4.78 is 0. The van der Waals surface area contributed by atoms with Gasteiger partial charge in [-0.3, -0.25) is 10.1 Å². The predicted octanol–water partition coefficient (Wildman–Crippen LogP) is 0.0883. The van der Waals surface area contributed by atoms with Crippen molar-refractivity contribution in [2.75, 3.05) is 30.7 Å². The number of anilines is 2. The molecule has 1 fully saturated rings. The van der Waals surface area contributed by atoms with Gasteiger partial charge in [-0.2, -0.15) is 4.98 Å². The minimum absolute atomic E-state index is 0.143. The second kappa shape index (κ2) is 5.81. The number of carbonyl (C=O) groups excluding carboxylic acids is 1. The lowest BCUT2D eigenvalue weighted by Crippen LogP contribution is -2.44. The third-order valence-electron chi connectivity index (χ3n) is 4.64. The molecule has 0 bridgehead atoms. The van der Waals surface area contributed by atoms with Crippen molar-refractivity contribution in [3.05, 3.63) is 23.4 Å². The molecule has 1 saturated carbocycles. The van der Waals surface area contributed by atoms with Crippen molar-refractivity contribution in [1.29, 1.82) is 0 Å². The predicted molar refractivity (Wildman–Crippen MR) is 88.0 cm³/mol. The molecule has 3 heterocycles. The fourth-order valence-corrected chi connectivity index (χ4v) is 3.21. The largest absolute Gasteiger partial charge is 0.368 e. The van der Waals surface area contributed by atoms with E-state index in [0.29, 0.717) is 25.1 Å². The molecule has 1 amide bonds. The Kier molecular flexibility index (Phi) is 3.65. The van der Waals surface area contributed by atoms with Crippen LogP contribution in [-0.2, 0) is 17.6 Å². The lowest BCUT2D eigenvalue weighted by atomic mass is 10.1. The molecule has 7 heteroatoms. The van der Waals surface area contributed by atoms with Gasteiger partial charge in [-0.05, 0) is 19.3 Å². The van der Waals surface area contributed by atoms with Crippen LogP contribution in [0.15, 0.2) is 12.2 Å². The summed E-state index contributed by atoms with van der Waals surface area (Å²) in [6.45, 7) is 2.14. The van der Waals surface area contributed by atoms with Crippen LogP contribution >= 0.6 is 0 Å². The molecule has 7 nitrogen and oxygen atoms in total. The van der Waals surface area contributed by atoms with Gasteiger partial charge >= 0.3 is 0 Å². The molecule has 122 valence electrons. The Bertz CT molecular complexity index is 654. The quantitative estimate of drug-likeness (QED) is 0.684. The van der Waals surface area contributed by atoms with E-state index in [4.69, 9.17) is 5.73 Å². The topological polar surface area (TPSA) is 96.2 Å². The van der Waals surface area contributed by atoms with E-state index in [9.17, 15) is 4.79 Å². The number of nitrogens with zero attached hydrogens (tertiary/aromatic N) is 3. The van der Waals surface area contributed by atoms with Crippen LogP contribution in [0.3, 0.4) is 0 Å². The van der Waals surface area contributed by atoms with Crippen molar-refractivity contribution in [2.45, 2.75) is 37.8 Å². The van der Waals surface area contributed by atoms with Gasteiger partial charge in [0.05, 0.1) is 5.69 Å². The SMILES string of the molecule is Nc1nc2c(c(NC3CC3)n1)CCN(C(=O)[C@@H]1C=CCN1)CC2. The summed E-state index contributed by atoms with van der Waals surface area (Å²) in [6.07, 6.45) is 7.81. The first kappa shape index (κ1) is 14.4. The zero-order valence-corrected chi connectivity index (χ0v) is 13.1. The average Bonchev–Trinajstić information content (AvgIpc) is 3.22. The number of nitrogens with one attached hydrogen (secondary N) is 2. The van der Waals surface area contributed by atoms with Crippen molar-refractivity contribution < 1.29 is 4.79 Å². The van der Waals surface area contributed by atoms with Crippen LogP contribution in [0.25, 0.3) is 0 Å². The third-order valence-corrected chi connectivity index (χ3v) is 4.64. The van der Waals surface area contributed by atoms with E-state index in [0.717, 1.165) is 36.5 Å². The van der Waals surface area contributed by atoms with Crippen LogP contribution in [0.2, 0.25) is 0 Å². The van der Waals surface area contributed by atoms with Crippen molar-refractivity contribution in [2.24, 2.45) is 0 Å². The lowest BCUT2D eigenvalue weighted by molar-refractivity contribution is -0.131. The van der Waals surface area contributed by atoms with Gasteiger partial charge in [0.1, 0.15) is 11.9 Å². The average molecular weight is 314 g/mol. The van der Waals surface area contributed by atoms with Gasteiger partial charge in [0, 0.05) is 37.7 Å². The van der Waals surface area contributed by atoms with Crippen LogP contribution < -0.4 is 16.4 Å². The van der Waals surface area contributed by atoms with E-state index in [1.165, 1.54) is 12.8 Å². The molecule has 0 radical (unpaired) electrons. The summed E-state index contributed by atoms with van der Waals surface area (Å²) >= 11 is 0. The van der Waals surface area contributed by atoms with Gasteiger partial charge < -0.3 is 16.0 Å². The van der Waals surface area contributed by atoms with E-state index in [1.807, 2.05) is 17.1 Å². The third kappa shape index (κ3) is 3.01. The molecule has 1 aliphatic carbocycles. The Balaban J connectivity index is 1.53. The zero-order valence-electron chi connectivity index (χ0n) is 13.1. The number of rotatable bonds is 3. The number of aromatic nitrogens is 2. The lowest BCUT2D eigenvalue weighted by Gasteiger charge is -2.23. The normalized spacial score (nSPS) is 23.5. The Hall–Kier alpha value is -2.15. The van der Waals surface area contributed by atoms with E-state index in [1.54, 1.807) is 0 Å². The second-order valence-corrected chi connectivity index (χ2v) is 6.41. The van der Waals surface area contributed by atoms with E-state index >= 15 is 0 Å². The highest BCUT2D eigenvalue weighted by Gasteiger charge is 2.29. The Labute approximate surface area is 135 Å². The molecule has 1 atom stereocenters. The Morgan fingerprint density at radius 3 is 2.87 bits per heavy atom. The van der Waals surface area contributed by atoms with Crippen LogP contribution in [0.1, 0.15) is 24.1 Å². The first-order valence-electron chi connectivity index (χ1n) is 8.31. The number of hydrogen-bond acceptors (Lipinski definition) is 6. The van der Waals surface area contributed by atoms with Gasteiger partial charge in [0.2, 0.25) is 11.9 Å².